The van der Waals surface area contributed by atoms with E-state index in [-0.39, 0.29) is 73.0 Å². The number of likely N-dealkylation sites (tertiary alicyclic amines) is 1. The molecule has 13 heteroatoms. The normalized spacial score (nSPS) is 23.4. The number of rotatable bonds is 21. The van der Waals surface area contributed by atoms with Crippen molar-refractivity contribution in [2.24, 2.45) is 11.8 Å². The van der Waals surface area contributed by atoms with E-state index in [1.54, 1.807) is 34.1 Å². The van der Waals surface area contributed by atoms with Gasteiger partial charge >= 0.3 is 0 Å². The van der Waals surface area contributed by atoms with Crippen LogP contribution in [0.2, 0.25) is 0 Å². The summed E-state index contributed by atoms with van der Waals surface area (Å²) in [4.78, 5) is 83.5. The molecule has 5 amide bonds. The predicted molar refractivity (Wildman–Crippen MR) is 251 cm³/mol. The van der Waals surface area contributed by atoms with Crippen LogP contribution in [-0.2, 0) is 19.2 Å². The second-order valence-electron chi connectivity index (χ2n) is 18.3. The van der Waals surface area contributed by atoms with Crippen LogP contribution < -0.4 is 16.0 Å². The molecule has 350 valence electrons. The van der Waals surface area contributed by atoms with Gasteiger partial charge in [0.2, 0.25) is 17.7 Å². The molecule has 2 saturated heterocycles. The maximum absolute atomic E-state index is 14.1. The highest BCUT2D eigenvalue weighted by Gasteiger charge is 2.49. The molecule has 3 aromatic carbocycles. The molecule has 13 nitrogen and oxygen atoms in total. The minimum Gasteiger partial charge on any atom is -0.483 e. The summed E-state index contributed by atoms with van der Waals surface area (Å²) in [7, 11) is 0. The van der Waals surface area contributed by atoms with Crippen molar-refractivity contribution in [3.05, 3.63) is 107 Å². The molecule has 7 rings (SSSR count). The number of carbonyl (C=O) groups excluding carboxylic acids is 5. The molecule has 0 aromatic heterocycles. The molecule has 3 aromatic rings. The summed E-state index contributed by atoms with van der Waals surface area (Å²) >= 11 is 0. The van der Waals surface area contributed by atoms with Crippen LogP contribution in [0.25, 0.3) is 0 Å². The highest BCUT2D eigenvalue weighted by molar-refractivity contribution is 5.99. The number of hydrogen-bond donors (Lipinski definition) is 4. The molecule has 0 unspecified atom stereocenters. The van der Waals surface area contributed by atoms with E-state index in [9.17, 15) is 24.0 Å². The Kier molecular flexibility index (Phi) is 18.5. The SMILES string of the molecule is CCCCCCCCN1CCN(C(=O)c2ccc(C(=O)N3C[C@@H](C(=O)N[C@H]4C[C@@H]4c4ccccc4)[C@H](C(=O)N[C@H]4C[C@@H]4c4ccccc4)C3)cc2)C[C@@H]1C(=O)NCCCCCC.O=CO. The third kappa shape index (κ3) is 13.7. The van der Waals surface area contributed by atoms with Crippen LogP contribution in [0.4, 0.5) is 0 Å². The highest BCUT2D eigenvalue weighted by Crippen LogP contribution is 2.42. The summed E-state index contributed by atoms with van der Waals surface area (Å²) in [6.07, 6.45) is 13.1. The minimum atomic E-state index is -0.688. The van der Waals surface area contributed by atoms with Gasteiger partial charge in [-0.1, -0.05) is 126 Å². The smallest absolute Gasteiger partial charge is 0.290 e. The van der Waals surface area contributed by atoms with Crippen molar-refractivity contribution < 1.29 is 33.9 Å². The molecule has 65 heavy (non-hydrogen) atoms. The van der Waals surface area contributed by atoms with Crippen LogP contribution in [0, 0.1) is 11.8 Å². The van der Waals surface area contributed by atoms with Gasteiger partial charge in [-0.05, 0) is 67.6 Å². The largest absolute Gasteiger partial charge is 0.483 e. The number of carboxylic acid groups (broad SMARTS) is 1. The van der Waals surface area contributed by atoms with E-state index in [2.05, 4.69) is 59.0 Å². The second kappa shape index (κ2) is 24.7. The van der Waals surface area contributed by atoms with E-state index < -0.39 is 17.9 Å². The Bertz CT molecular complexity index is 1940. The topological polar surface area (TPSA) is 168 Å². The molecule has 0 radical (unpaired) electrons. The van der Waals surface area contributed by atoms with Gasteiger partial charge < -0.3 is 30.9 Å². The summed E-state index contributed by atoms with van der Waals surface area (Å²) in [6, 6.07) is 26.5. The van der Waals surface area contributed by atoms with Crippen molar-refractivity contribution >= 4 is 36.0 Å². The van der Waals surface area contributed by atoms with Crippen molar-refractivity contribution in [2.45, 2.75) is 121 Å². The van der Waals surface area contributed by atoms with Gasteiger partial charge in [0.05, 0.1) is 11.8 Å². The second-order valence-corrected chi connectivity index (χ2v) is 18.3. The van der Waals surface area contributed by atoms with Gasteiger partial charge in [-0.3, -0.25) is 33.7 Å². The van der Waals surface area contributed by atoms with Crippen molar-refractivity contribution in [3.8, 4) is 0 Å². The molecule has 2 heterocycles. The summed E-state index contributed by atoms with van der Waals surface area (Å²) in [5.74, 6) is -1.76. The zero-order valence-electron chi connectivity index (χ0n) is 38.4. The fraction of sp³-hybridized carbons (Fsp3) is 0.538. The van der Waals surface area contributed by atoms with Crippen LogP contribution in [0.5, 0.6) is 0 Å². The first-order valence-electron chi connectivity index (χ1n) is 24.2. The molecule has 0 spiro atoms. The van der Waals surface area contributed by atoms with Crippen LogP contribution in [-0.4, -0.2) is 120 Å². The molecule has 4 aliphatic rings. The Morgan fingerprint density at radius 3 is 1.55 bits per heavy atom. The van der Waals surface area contributed by atoms with E-state index in [0.717, 1.165) is 57.9 Å². The van der Waals surface area contributed by atoms with Gasteiger partial charge in [0.1, 0.15) is 6.04 Å². The maximum Gasteiger partial charge on any atom is 0.290 e. The average molecular weight is 891 g/mol. The van der Waals surface area contributed by atoms with Crippen LogP contribution in [0.3, 0.4) is 0 Å². The Balaban J connectivity index is 0.00000227. The quantitative estimate of drug-likeness (QED) is 0.0686. The lowest BCUT2D eigenvalue weighted by Crippen LogP contribution is -2.60. The van der Waals surface area contributed by atoms with Gasteiger partial charge in [-0.25, -0.2) is 0 Å². The molecule has 0 bridgehead atoms. The third-order valence-corrected chi connectivity index (χ3v) is 13.6. The van der Waals surface area contributed by atoms with Crippen molar-refractivity contribution in [1.82, 2.24) is 30.7 Å². The number of amides is 5. The first kappa shape index (κ1) is 48.9. The molecule has 4 fully saturated rings. The molecule has 7 atom stereocenters. The number of unbranched alkanes of at least 4 members (excludes halogenated alkanes) is 8. The van der Waals surface area contributed by atoms with E-state index in [0.29, 0.717) is 37.3 Å². The van der Waals surface area contributed by atoms with Gasteiger partial charge in [-0.15, -0.1) is 0 Å². The van der Waals surface area contributed by atoms with E-state index in [4.69, 9.17) is 9.90 Å². The number of hydrogen-bond acceptors (Lipinski definition) is 7. The van der Waals surface area contributed by atoms with Crippen LogP contribution in [0.15, 0.2) is 84.9 Å². The molecular formula is C52H70N6O7. The summed E-state index contributed by atoms with van der Waals surface area (Å²) in [5.41, 5.74) is 3.21. The van der Waals surface area contributed by atoms with Gasteiger partial charge in [-0.2, -0.15) is 0 Å². The fourth-order valence-electron chi connectivity index (χ4n) is 9.55. The number of carbonyl (C=O) groups is 6. The van der Waals surface area contributed by atoms with E-state index >= 15 is 0 Å². The Morgan fingerprint density at radius 1 is 0.585 bits per heavy atom. The standard InChI is InChI=1S/C51H68N6O5.CH2O2/c1-3-5-7-9-10-18-28-55-29-30-56(35-46(55)49(60)52-27-17-8-6-4-2)50(61)38-23-25-39(26-24-38)51(62)57-33-42(47(58)53-44-31-40(44)36-19-13-11-14-20-36)43(34-57)48(59)54-45-32-41(45)37-21-15-12-16-22-37;2-1-3/h11-16,19-26,40-46H,3-10,17-18,27-35H2,1-2H3,(H,52,60)(H,53,58)(H,54,59);1H,(H,2,3)/t40-,41-,42-,43-,44+,45+,46-;/m1./s1. The zero-order valence-corrected chi connectivity index (χ0v) is 38.4. The number of piperazine rings is 1. The summed E-state index contributed by atoms with van der Waals surface area (Å²) in [5, 5.41) is 16.5. The Morgan fingerprint density at radius 2 is 1.05 bits per heavy atom. The maximum atomic E-state index is 14.1. The molecular weight excluding hydrogens is 821 g/mol. The van der Waals surface area contributed by atoms with E-state index in [1.807, 2.05) is 36.4 Å². The Labute approximate surface area is 385 Å². The van der Waals surface area contributed by atoms with Crippen molar-refractivity contribution in [1.29, 1.82) is 0 Å². The number of benzene rings is 3. The molecule has 2 aliphatic heterocycles. The first-order chi connectivity index (χ1) is 31.7. The molecule has 2 saturated carbocycles. The lowest BCUT2D eigenvalue weighted by molar-refractivity contribution is -0.133. The summed E-state index contributed by atoms with van der Waals surface area (Å²) in [6.45, 7) is 7.35. The average Bonchev–Trinajstić information content (AvgIpc) is 4.24. The predicted octanol–water partition coefficient (Wildman–Crippen LogP) is 6.60. The molecule has 2 aliphatic carbocycles. The number of nitrogens with zero attached hydrogens (tertiary/aromatic N) is 3. The lowest BCUT2D eigenvalue weighted by Gasteiger charge is -2.40. The van der Waals surface area contributed by atoms with Crippen molar-refractivity contribution in [2.75, 3.05) is 45.8 Å². The van der Waals surface area contributed by atoms with E-state index in [1.165, 1.54) is 36.8 Å². The zero-order chi connectivity index (χ0) is 46.1. The van der Waals surface area contributed by atoms with Crippen LogP contribution >= 0.6 is 0 Å². The summed E-state index contributed by atoms with van der Waals surface area (Å²) < 4.78 is 0. The first-order valence-corrected chi connectivity index (χ1v) is 24.2. The monoisotopic (exact) mass is 891 g/mol. The van der Waals surface area contributed by atoms with Crippen molar-refractivity contribution in [3.63, 3.8) is 0 Å². The lowest BCUT2D eigenvalue weighted by atomic mass is 9.94. The fourth-order valence-corrected chi connectivity index (χ4v) is 9.55. The third-order valence-electron chi connectivity index (χ3n) is 13.6. The molecule has 4 N–H and O–H groups in total. The van der Waals surface area contributed by atoms with Gasteiger partial charge in [0.25, 0.3) is 18.3 Å². The minimum absolute atomic E-state index is 0.00199. The number of nitrogens with one attached hydrogen (secondary N) is 3. The van der Waals surface area contributed by atoms with Gasteiger partial charge in [0.15, 0.2) is 0 Å². The Hall–Kier alpha value is -5.56. The van der Waals surface area contributed by atoms with Crippen LogP contribution in [0.1, 0.15) is 135 Å². The highest BCUT2D eigenvalue weighted by atomic mass is 16.3. The van der Waals surface area contributed by atoms with Gasteiger partial charge in [0, 0.05) is 74.3 Å².